The maximum atomic E-state index is 13.0. The summed E-state index contributed by atoms with van der Waals surface area (Å²) in [4.78, 5) is 43.2. The van der Waals surface area contributed by atoms with Crippen LogP contribution in [0.4, 0.5) is 11.6 Å². The quantitative estimate of drug-likeness (QED) is 0.663. The number of nitrogens with one attached hydrogen (secondary N) is 1. The number of thiophene rings is 1. The van der Waals surface area contributed by atoms with E-state index in [-0.39, 0.29) is 18.1 Å². The molecule has 174 valence electrons. The van der Waals surface area contributed by atoms with Crippen molar-refractivity contribution in [3.05, 3.63) is 34.8 Å². The number of anilines is 2. The van der Waals surface area contributed by atoms with Gasteiger partial charge in [0.25, 0.3) is 5.91 Å². The van der Waals surface area contributed by atoms with Gasteiger partial charge in [0, 0.05) is 58.0 Å². The molecule has 0 aromatic carbocycles. The smallest absolute Gasteiger partial charge is 0.269 e. The summed E-state index contributed by atoms with van der Waals surface area (Å²) in [7, 11) is 0. The number of aromatic nitrogens is 2. The highest BCUT2D eigenvalue weighted by molar-refractivity contribution is 7.12. The number of unbranched alkanes of at least 4 members (excludes halogenated alkanes) is 1. The third kappa shape index (κ3) is 4.12. The summed E-state index contributed by atoms with van der Waals surface area (Å²) in [6.07, 6.45) is 6.01. The lowest BCUT2D eigenvalue weighted by atomic mass is 10.1. The van der Waals surface area contributed by atoms with E-state index in [0.717, 1.165) is 42.3 Å². The zero-order valence-corrected chi connectivity index (χ0v) is 19.5. The fourth-order valence-electron chi connectivity index (χ4n) is 4.47. The van der Waals surface area contributed by atoms with Gasteiger partial charge in [0.15, 0.2) is 0 Å². The van der Waals surface area contributed by atoms with Crippen molar-refractivity contribution in [3.63, 3.8) is 0 Å². The molecule has 0 spiro atoms. The molecule has 5 rings (SSSR count). The molecule has 0 aliphatic carbocycles. The predicted octanol–water partition coefficient (Wildman–Crippen LogP) is 1.93. The lowest BCUT2D eigenvalue weighted by Crippen LogP contribution is -2.58. The van der Waals surface area contributed by atoms with Crippen molar-refractivity contribution >= 4 is 40.6 Å². The summed E-state index contributed by atoms with van der Waals surface area (Å²) in [5.41, 5.74) is 4.02. The maximum absolute atomic E-state index is 13.0. The molecule has 0 saturated carbocycles. The van der Waals surface area contributed by atoms with Crippen LogP contribution in [0.2, 0.25) is 0 Å². The standard InChI is InChI=1S/C22H28N8O2S/c1-2-3-10-29-20(32)19-16(7-15-33-19)30-17(25-26-22(29)30)5-6-18(31)27-11-13-28(14-12-27)21-23-8-4-9-24-21/h4,7-9,15,22,26H,2-3,5-6,10-14H2,1H3. The zero-order chi connectivity index (χ0) is 22.8. The summed E-state index contributed by atoms with van der Waals surface area (Å²) in [6.45, 7) is 5.55. The van der Waals surface area contributed by atoms with E-state index in [4.69, 9.17) is 0 Å². The number of hydrogen-bond donors (Lipinski definition) is 1. The lowest BCUT2D eigenvalue weighted by Gasteiger charge is -2.40. The first kappa shape index (κ1) is 21.6. The summed E-state index contributed by atoms with van der Waals surface area (Å²) >= 11 is 1.46. The number of fused-ring (bicyclic) bond motifs is 3. The number of rotatable bonds is 7. The van der Waals surface area contributed by atoms with Gasteiger partial charge < -0.3 is 9.80 Å². The van der Waals surface area contributed by atoms with Crippen molar-refractivity contribution < 1.29 is 9.59 Å². The topological polar surface area (TPSA) is 97.3 Å². The van der Waals surface area contributed by atoms with Gasteiger partial charge in [0.2, 0.25) is 18.1 Å². The van der Waals surface area contributed by atoms with Gasteiger partial charge in [-0.2, -0.15) is 5.10 Å². The molecule has 2 aromatic heterocycles. The minimum atomic E-state index is -0.314. The van der Waals surface area contributed by atoms with E-state index in [2.05, 4.69) is 37.2 Å². The first-order valence-corrected chi connectivity index (χ1v) is 12.3. The monoisotopic (exact) mass is 468 g/mol. The maximum Gasteiger partial charge on any atom is 0.269 e. The van der Waals surface area contributed by atoms with E-state index in [0.29, 0.717) is 38.4 Å². The second kappa shape index (κ2) is 9.34. The fourth-order valence-corrected chi connectivity index (χ4v) is 5.31. The van der Waals surface area contributed by atoms with Crippen LogP contribution in [-0.4, -0.2) is 76.4 Å². The number of amidine groups is 1. The van der Waals surface area contributed by atoms with Crippen LogP contribution in [-0.2, 0) is 4.79 Å². The third-order valence-corrected chi connectivity index (χ3v) is 7.16. The molecule has 3 aliphatic rings. The van der Waals surface area contributed by atoms with Crippen molar-refractivity contribution in [1.29, 1.82) is 0 Å². The van der Waals surface area contributed by atoms with Crippen LogP contribution in [0, 0.1) is 0 Å². The molecule has 33 heavy (non-hydrogen) atoms. The molecule has 1 unspecified atom stereocenters. The molecule has 0 bridgehead atoms. The number of carbonyl (C=O) groups is 2. The molecule has 1 N–H and O–H groups in total. The Morgan fingerprint density at radius 2 is 2.00 bits per heavy atom. The normalized spacial score (nSPS) is 19.8. The number of nitrogens with zero attached hydrogens (tertiary/aromatic N) is 7. The van der Waals surface area contributed by atoms with Crippen molar-refractivity contribution in [2.24, 2.45) is 5.10 Å². The van der Waals surface area contributed by atoms with Gasteiger partial charge in [0.05, 0.1) is 5.69 Å². The van der Waals surface area contributed by atoms with Gasteiger partial charge >= 0.3 is 0 Å². The molecule has 1 saturated heterocycles. The van der Waals surface area contributed by atoms with Crippen molar-refractivity contribution in [3.8, 4) is 0 Å². The highest BCUT2D eigenvalue weighted by Gasteiger charge is 2.43. The Morgan fingerprint density at radius 3 is 2.76 bits per heavy atom. The fraction of sp³-hybridized carbons (Fsp3) is 0.500. The number of amides is 2. The van der Waals surface area contributed by atoms with Crippen LogP contribution in [0.25, 0.3) is 0 Å². The molecule has 2 aromatic rings. The Bertz CT molecular complexity index is 1030. The SMILES string of the molecule is CCCCN1C(=O)c2sccc2N2C(CCC(=O)N3CCN(c4ncccn4)CC3)=NNC12. The van der Waals surface area contributed by atoms with Gasteiger partial charge in [-0.15, -0.1) is 11.3 Å². The van der Waals surface area contributed by atoms with Gasteiger partial charge in [-0.1, -0.05) is 13.3 Å². The van der Waals surface area contributed by atoms with E-state index in [9.17, 15) is 9.59 Å². The van der Waals surface area contributed by atoms with E-state index < -0.39 is 0 Å². The molecule has 3 aliphatic heterocycles. The van der Waals surface area contributed by atoms with Crippen molar-refractivity contribution in [1.82, 2.24) is 25.2 Å². The Balaban J connectivity index is 1.20. The molecule has 11 heteroatoms. The van der Waals surface area contributed by atoms with Crippen molar-refractivity contribution in [2.45, 2.75) is 38.9 Å². The third-order valence-electron chi connectivity index (χ3n) is 6.27. The van der Waals surface area contributed by atoms with Crippen LogP contribution in [0.15, 0.2) is 35.0 Å². The average Bonchev–Trinajstić information content (AvgIpc) is 3.50. The second-order valence-corrected chi connectivity index (χ2v) is 9.22. The Hall–Kier alpha value is -3.21. The molecule has 1 fully saturated rings. The molecule has 2 amide bonds. The van der Waals surface area contributed by atoms with E-state index in [1.807, 2.05) is 21.2 Å². The number of hydrazone groups is 1. The Kier molecular flexibility index (Phi) is 6.12. The molecular formula is C22H28N8O2S. The summed E-state index contributed by atoms with van der Waals surface area (Å²) in [6, 6.07) is 3.77. The van der Waals surface area contributed by atoms with Gasteiger partial charge in [-0.05, 0) is 23.9 Å². The number of piperazine rings is 1. The summed E-state index contributed by atoms with van der Waals surface area (Å²) in [5, 5.41) is 6.47. The largest absolute Gasteiger partial charge is 0.339 e. The van der Waals surface area contributed by atoms with E-state index >= 15 is 0 Å². The minimum Gasteiger partial charge on any atom is -0.339 e. The van der Waals surface area contributed by atoms with Crippen molar-refractivity contribution in [2.75, 3.05) is 42.5 Å². The molecule has 0 radical (unpaired) electrons. The molecule has 5 heterocycles. The Labute approximate surface area is 196 Å². The number of carbonyl (C=O) groups excluding carboxylic acids is 2. The predicted molar refractivity (Wildman–Crippen MR) is 127 cm³/mol. The van der Waals surface area contributed by atoms with Crippen LogP contribution in [0.1, 0.15) is 42.3 Å². The van der Waals surface area contributed by atoms with Crippen LogP contribution >= 0.6 is 11.3 Å². The highest BCUT2D eigenvalue weighted by atomic mass is 32.1. The average molecular weight is 469 g/mol. The molecule has 1 atom stereocenters. The first-order chi connectivity index (χ1) is 16.2. The molecular weight excluding hydrogens is 440 g/mol. The molecule has 10 nitrogen and oxygen atoms in total. The summed E-state index contributed by atoms with van der Waals surface area (Å²) in [5.74, 6) is 1.69. The second-order valence-electron chi connectivity index (χ2n) is 8.30. The van der Waals surface area contributed by atoms with Gasteiger partial charge in [-0.25, -0.2) is 9.97 Å². The number of hydrogen-bond acceptors (Lipinski definition) is 9. The van der Waals surface area contributed by atoms with Crippen LogP contribution in [0.5, 0.6) is 0 Å². The summed E-state index contributed by atoms with van der Waals surface area (Å²) < 4.78 is 0. The van der Waals surface area contributed by atoms with E-state index in [1.54, 1.807) is 18.5 Å². The Morgan fingerprint density at radius 1 is 1.21 bits per heavy atom. The van der Waals surface area contributed by atoms with Gasteiger partial charge in [0.1, 0.15) is 10.7 Å². The zero-order valence-electron chi connectivity index (χ0n) is 18.7. The van der Waals surface area contributed by atoms with Crippen LogP contribution < -0.4 is 15.2 Å². The highest BCUT2D eigenvalue weighted by Crippen LogP contribution is 2.37. The first-order valence-electron chi connectivity index (χ1n) is 11.5. The van der Waals surface area contributed by atoms with Gasteiger partial charge in [-0.3, -0.25) is 24.8 Å². The lowest BCUT2D eigenvalue weighted by molar-refractivity contribution is -0.131. The minimum absolute atomic E-state index is 0.0509. The van der Waals surface area contributed by atoms with E-state index in [1.165, 1.54) is 11.3 Å². The van der Waals surface area contributed by atoms with Crippen LogP contribution in [0.3, 0.4) is 0 Å².